The minimum atomic E-state index is -1.06. The Kier molecular flexibility index (Phi) is 5.27. The second-order valence-electron chi connectivity index (χ2n) is 5.61. The van der Waals surface area contributed by atoms with E-state index in [4.69, 9.17) is 9.47 Å². The summed E-state index contributed by atoms with van der Waals surface area (Å²) < 4.78 is 37.9. The van der Waals surface area contributed by atoms with Gasteiger partial charge in [-0.1, -0.05) is 18.2 Å². The molecule has 1 heterocycles. The molecule has 1 atom stereocenters. The molecule has 1 unspecified atom stereocenters. The number of fused-ring (bicyclic) bond motifs is 1. The van der Waals surface area contributed by atoms with E-state index in [1.54, 1.807) is 0 Å². The van der Waals surface area contributed by atoms with E-state index in [1.165, 1.54) is 6.07 Å². The molecule has 0 bridgehead atoms. The molecule has 0 saturated heterocycles. The van der Waals surface area contributed by atoms with Gasteiger partial charge in [-0.15, -0.1) is 0 Å². The van der Waals surface area contributed by atoms with Crippen molar-refractivity contribution in [2.75, 3.05) is 19.8 Å². The highest BCUT2D eigenvalue weighted by atomic mass is 19.1. The molecule has 2 aromatic carbocycles. The lowest BCUT2D eigenvalue weighted by Crippen LogP contribution is -2.22. The average molecular weight is 335 g/mol. The van der Waals surface area contributed by atoms with Crippen molar-refractivity contribution in [3.8, 4) is 11.5 Å². The number of ether oxygens (including phenoxy) is 2. The van der Waals surface area contributed by atoms with Crippen molar-refractivity contribution in [2.24, 2.45) is 0 Å². The molecular formula is C18H19F2NO3. The van der Waals surface area contributed by atoms with Gasteiger partial charge in [0.05, 0.1) is 19.3 Å². The number of para-hydroxylation sites is 1. The molecule has 0 saturated carbocycles. The van der Waals surface area contributed by atoms with Crippen molar-refractivity contribution in [1.29, 1.82) is 0 Å². The molecule has 0 amide bonds. The normalized spacial score (nSPS) is 15.0. The van der Waals surface area contributed by atoms with Gasteiger partial charge in [0.1, 0.15) is 11.6 Å². The SMILES string of the molecule is OC(CNCc1cccc2c1OCCCO2)c1ccc(F)cc1F. The van der Waals surface area contributed by atoms with Gasteiger partial charge in [0.15, 0.2) is 11.5 Å². The molecule has 128 valence electrons. The summed E-state index contributed by atoms with van der Waals surface area (Å²) in [5, 5.41) is 13.1. The lowest BCUT2D eigenvalue weighted by molar-refractivity contribution is 0.169. The summed E-state index contributed by atoms with van der Waals surface area (Å²) in [7, 11) is 0. The first-order chi connectivity index (χ1) is 11.6. The van der Waals surface area contributed by atoms with Gasteiger partial charge in [0, 0.05) is 36.7 Å². The Balaban J connectivity index is 1.62. The monoisotopic (exact) mass is 335 g/mol. The first-order valence-electron chi connectivity index (χ1n) is 7.86. The number of aliphatic hydroxyl groups excluding tert-OH is 1. The Bertz CT molecular complexity index is 709. The van der Waals surface area contributed by atoms with Gasteiger partial charge in [-0.25, -0.2) is 8.78 Å². The summed E-state index contributed by atoms with van der Waals surface area (Å²) in [5.41, 5.74) is 0.969. The third kappa shape index (κ3) is 3.83. The highest BCUT2D eigenvalue weighted by molar-refractivity contribution is 5.47. The molecule has 0 fully saturated rings. The molecule has 1 aliphatic heterocycles. The van der Waals surface area contributed by atoms with Crippen molar-refractivity contribution in [2.45, 2.75) is 19.1 Å². The standard InChI is InChI=1S/C18H19F2NO3/c19-13-5-6-14(15(20)9-13)16(22)11-21-10-12-3-1-4-17-18(12)24-8-2-7-23-17/h1,3-6,9,16,21-22H,2,7-8,10-11H2. The smallest absolute Gasteiger partial charge is 0.165 e. The van der Waals surface area contributed by atoms with Crippen LogP contribution in [-0.2, 0) is 6.54 Å². The van der Waals surface area contributed by atoms with E-state index in [0.717, 1.165) is 24.1 Å². The molecule has 0 spiro atoms. The van der Waals surface area contributed by atoms with Crippen molar-refractivity contribution in [1.82, 2.24) is 5.32 Å². The number of aliphatic hydroxyl groups is 1. The lowest BCUT2D eigenvalue weighted by atomic mass is 10.1. The molecule has 6 heteroatoms. The van der Waals surface area contributed by atoms with E-state index in [2.05, 4.69) is 5.32 Å². The largest absolute Gasteiger partial charge is 0.490 e. The van der Waals surface area contributed by atoms with Crippen LogP contribution in [0.3, 0.4) is 0 Å². The van der Waals surface area contributed by atoms with Crippen LogP contribution in [0.15, 0.2) is 36.4 Å². The predicted molar refractivity (Wildman–Crippen MR) is 85.1 cm³/mol. The summed E-state index contributed by atoms with van der Waals surface area (Å²) in [5.74, 6) is -0.0166. The van der Waals surface area contributed by atoms with Crippen LogP contribution in [-0.4, -0.2) is 24.9 Å². The van der Waals surface area contributed by atoms with Gasteiger partial charge in [-0.2, -0.15) is 0 Å². The zero-order valence-electron chi connectivity index (χ0n) is 13.1. The number of rotatable bonds is 5. The van der Waals surface area contributed by atoms with Gasteiger partial charge >= 0.3 is 0 Å². The maximum Gasteiger partial charge on any atom is 0.165 e. The number of benzene rings is 2. The highest BCUT2D eigenvalue weighted by Crippen LogP contribution is 2.33. The molecular weight excluding hydrogens is 316 g/mol. The van der Waals surface area contributed by atoms with Crippen LogP contribution in [0, 0.1) is 11.6 Å². The summed E-state index contributed by atoms with van der Waals surface area (Å²) in [6.07, 6.45) is -0.241. The topological polar surface area (TPSA) is 50.7 Å². The van der Waals surface area contributed by atoms with Gasteiger partial charge in [0.2, 0.25) is 0 Å². The Labute approximate surface area is 139 Å². The van der Waals surface area contributed by atoms with Crippen molar-refractivity contribution in [3.63, 3.8) is 0 Å². The third-order valence-electron chi connectivity index (χ3n) is 3.83. The van der Waals surface area contributed by atoms with Crippen molar-refractivity contribution in [3.05, 3.63) is 59.2 Å². The predicted octanol–water partition coefficient (Wildman–Crippen LogP) is 2.95. The first kappa shape index (κ1) is 16.7. The van der Waals surface area contributed by atoms with E-state index in [1.807, 2.05) is 18.2 Å². The van der Waals surface area contributed by atoms with E-state index < -0.39 is 17.7 Å². The minimum absolute atomic E-state index is 0.0652. The molecule has 0 aromatic heterocycles. The number of hydrogen-bond donors (Lipinski definition) is 2. The van der Waals surface area contributed by atoms with Crippen LogP contribution in [0.1, 0.15) is 23.7 Å². The van der Waals surface area contributed by atoms with E-state index in [9.17, 15) is 13.9 Å². The third-order valence-corrected chi connectivity index (χ3v) is 3.83. The van der Waals surface area contributed by atoms with Crippen LogP contribution in [0.4, 0.5) is 8.78 Å². The van der Waals surface area contributed by atoms with E-state index in [0.29, 0.717) is 31.3 Å². The second kappa shape index (κ2) is 7.59. The van der Waals surface area contributed by atoms with E-state index in [-0.39, 0.29) is 12.1 Å². The van der Waals surface area contributed by atoms with Gasteiger partial charge in [-0.3, -0.25) is 0 Å². The minimum Gasteiger partial charge on any atom is -0.490 e. The fourth-order valence-electron chi connectivity index (χ4n) is 2.62. The van der Waals surface area contributed by atoms with Crippen molar-refractivity contribution < 1.29 is 23.4 Å². The Morgan fingerprint density at radius 3 is 2.79 bits per heavy atom. The fourth-order valence-corrected chi connectivity index (χ4v) is 2.62. The maximum absolute atomic E-state index is 13.7. The van der Waals surface area contributed by atoms with Gasteiger partial charge < -0.3 is 19.9 Å². The fraction of sp³-hybridized carbons (Fsp3) is 0.333. The molecule has 0 radical (unpaired) electrons. The Hall–Kier alpha value is -2.18. The summed E-state index contributed by atoms with van der Waals surface area (Å²) >= 11 is 0. The zero-order chi connectivity index (χ0) is 16.9. The number of halogens is 2. The highest BCUT2D eigenvalue weighted by Gasteiger charge is 2.16. The Morgan fingerprint density at radius 2 is 1.96 bits per heavy atom. The van der Waals surface area contributed by atoms with Crippen LogP contribution in [0.2, 0.25) is 0 Å². The average Bonchev–Trinajstić information content (AvgIpc) is 2.80. The van der Waals surface area contributed by atoms with Crippen LogP contribution < -0.4 is 14.8 Å². The summed E-state index contributed by atoms with van der Waals surface area (Å²) in [6.45, 7) is 1.78. The molecule has 2 aromatic rings. The van der Waals surface area contributed by atoms with Gasteiger partial charge in [-0.05, 0) is 12.1 Å². The van der Waals surface area contributed by atoms with Crippen LogP contribution in [0.25, 0.3) is 0 Å². The quantitative estimate of drug-likeness (QED) is 0.882. The lowest BCUT2D eigenvalue weighted by Gasteiger charge is -2.15. The van der Waals surface area contributed by atoms with Crippen molar-refractivity contribution >= 4 is 0 Å². The maximum atomic E-state index is 13.7. The molecule has 4 nitrogen and oxygen atoms in total. The molecule has 3 rings (SSSR count). The summed E-state index contributed by atoms with van der Waals surface area (Å²) in [6, 6.07) is 8.78. The summed E-state index contributed by atoms with van der Waals surface area (Å²) in [4.78, 5) is 0. The first-order valence-corrected chi connectivity index (χ1v) is 7.86. The number of hydrogen-bond acceptors (Lipinski definition) is 4. The second-order valence-corrected chi connectivity index (χ2v) is 5.61. The van der Waals surface area contributed by atoms with Crippen LogP contribution >= 0.6 is 0 Å². The molecule has 1 aliphatic rings. The van der Waals surface area contributed by atoms with Crippen LogP contribution in [0.5, 0.6) is 11.5 Å². The van der Waals surface area contributed by atoms with Gasteiger partial charge in [0.25, 0.3) is 0 Å². The molecule has 2 N–H and O–H groups in total. The molecule has 0 aliphatic carbocycles. The van der Waals surface area contributed by atoms with E-state index >= 15 is 0 Å². The Morgan fingerprint density at radius 1 is 1.12 bits per heavy atom. The molecule has 24 heavy (non-hydrogen) atoms. The zero-order valence-corrected chi connectivity index (χ0v) is 13.1. The number of nitrogens with one attached hydrogen (secondary N) is 1.